The van der Waals surface area contributed by atoms with Gasteiger partial charge in [0.2, 0.25) is 0 Å². The van der Waals surface area contributed by atoms with Crippen molar-refractivity contribution in [1.82, 2.24) is 25.4 Å². The molecule has 3 rings (SSSR count). The van der Waals surface area contributed by atoms with E-state index in [0.29, 0.717) is 6.54 Å². The van der Waals surface area contributed by atoms with Crippen LogP contribution in [0.4, 0.5) is 4.79 Å². The van der Waals surface area contributed by atoms with E-state index < -0.39 is 0 Å². The van der Waals surface area contributed by atoms with Gasteiger partial charge < -0.3 is 19.9 Å². The summed E-state index contributed by atoms with van der Waals surface area (Å²) < 4.78 is 8.05. The summed E-state index contributed by atoms with van der Waals surface area (Å²) in [5.41, 5.74) is 0.0706. The van der Waals surface area contributed by atoms with Crippen molar-refractivity contribution >= 4 is 6.03 Å². The minimum absolute atomic E-state index is 0.0706. The van der Waals surface area contributed by atoms with Gasteiger partial charge in [-0.2, -0.15) is 0 Å². The molecule has 25 heavy (non-hydrogen) atoms. The van der Waals surface area contributed by atoms with Crippen molar-refractivity contribution in [3.05, 3.63) is 11.6 Å². The van der Waals surface area contributed by atoms with Crippen molar-refractivity contribution in [2.24, 2.45) is 5.41 Å². The quantitative estimate of drug-likeness (QED) is 0.753. The van der Waals surface area contributed by atoms with Gasteiger partial charge in [0.25, 0.3) is 0 Å². The molecule has 7 heteroatoms. The Labute approximate surface area is 149 Å². The summed E-state index contributed by atoms with van der Waals surface area (Å²) in [7, 11) is 0. The van der Waals surface area contributed by atoms with E-state index in [9.17, 15) is 4.79 Å². The highest BCUT2D eigenvalue weighted by Gasteiger charge is 2.53. The van der Waals surface area contributed by atoms with Crippen LogP contribution < -0.4 is 10.6 Å². The highest BCUT2D eigenvalue weighted by Crippen LogP contribution is 2.48. The van der Waals surface area contributed by atoms with Crippen molar-refractivity contribution in [3.63, 3.8) is 0 Å². The minimum atomic E-state index is -0.0904. The van der Waals surface area contributed by atoms with E-state index in [-0.39, 0.29) is 23.6 Å². The third-order valence-corrected chi connectivity index (χ3v) is 6.09. The number of urea groups is 1. The Kier molecular flexibility index (Phi) is 5.61. The van der Waals surface area contributed by atoms with Crippen LogP contribution in [0.1, 0.15) is 58.1 Å². The number of hydrogen-bond acceptors (Lipinski definition) is 4. The zero-order chi connectivity index (χ0) is 17.9. The van der Waals surface area contributed by atoms with Crippen molar-refractivity contribution in [2.45, 2.75) is 78.0 Å². The lowest BCUT2D eigenvalue weighted by atomic mass is 9.58. The molecule has 2 aliphatic rings. The average Bonchev–Trinajstić information content (AvgIpc) is 3.20. The average molecular weight is 349 g/mol. The van der Waals surface area contributed by atoms with Crippen LogP contribution in [0.2, 0.25) is 0 Å². The third kappa shape index (κ3) is 3.38. The molecule has 2 heterocycles. The predicted molar refractivity (Wildman–Crippen MR) is 95.4 cm³/mol. The zero-order valence-electron chi connectivity index (χ0n) is 15.7. The largest absolute Gasteiger partial charge is 0.378 e. The van der Waals surface area contributed by atoms with Gasteiger partial charge in [0.1, 0.15) is 11.6 Å². The van der Waals surface area contributed by atoms with Gasteiger partial charge in [-0.05, 0) is 32.6 Å². The van der Waals surface area contributed by atoms with Gasteiger partial charge in [-0.1, -0.05) is 13.8 Å². The molecule has 2 atom stereocenters. The second-order valence-electron chi connectivity index (χ2n) is 7.11. The lowest BCUT2D eigenvalue weighted by molar-refractivity contribution is -0.134. The van der Waals surface area contributed by atoms with E-state index in [1.165, 1.54) is 0 Å². The number of carbonyl (C=O) groups excluding carboxylic acids is 1. The van der Waals surface area contributed by atoms with Crippen LogP contribution in [0.5, 0.6) is 0 Å². The summed E-state index contributed by atoms with van der Waals surface area (Å²) in [6, 6.07) is 0.101. The predicted octanol–water partition coefficient (Wildman–Crippen LogP) is 2.05. The maximum Gasteiger partial charge on any atom is 0.315 e. The second kappa shape index (κ2) is 7.72. The topological polar surface area (TPSA) is 81.1 Å². The van der Waals surface area contributed by atoms with E-state index in [2.05, 4.69) is 39.2 Å². The number of nitrogens with one attached hydrogen (secondary N) is 2. The molecular formula is C18H31N5O2. The van der Waals surface area contributed by atoms with Crippen LogP contribution in [0.25, 0.3) is 0 Å². The molecule has 0 aromatic carbocycles. The van der Waals surface area contributed by atoms with Crippen LogP contribution >= 0.6 is 0 Å². The molecule has 7 nitrogen and oxygen atoms in total. The van der Waals surface area contributed by atoms with Crippen molar-refractivity contribution in [2.75, 3.05) is 13.2 Å². The van der Waals surface area contributed by atoms with Gasteiger partial charge in [0, 0.05) is 44.0 Å². The normalized spacial score (nSPS) is 23.8. The summed E-state index contributed by atoms with van der Waals surface area (Å²) in [6.45, 7) is 8.72. The van der Waals surface area contributed by atoms with Crippen LogP contribution in [-0.2, 0) is 24.1 Å². The monoisotopic (exact) mass is 349 g/mol. The molecule has 2 N–H and O–H groups in total. The Bertz CT molecular complexity index is 596. The van der Waals surface area contributed by atoms with Crippen LogP contribution in [-0.4, -0.2) is 46.1 Å². The molecule has 0 saturated heterocycles. The molecule has 1 aliphatic carbocycles. The Morgan fingerprint density at radius 2 is 2.12 bits per heavy atom. The molecule has 2 amide bonds. The number of ether oxygens (including phenoxy) is 1. The SMILES string of the molecule is CCO[C@@H]1C[C@H](NC(=O)NCCc2nnc3n2CCC3)C1(CC)CC. The summed E-state index contributed by atoms with van der Waals surface area (Å²) in [5.74, 6) is 2.05. The highest BCUT2D eigenvalue weighted by molar-refractivity contribution is 5.74. The third-order valence-electron chi connectivity index (χ3n) is 6.09. The van der Waals surface area contributed by atoms with Gasteiger partial charge in [-0.15, -0.1) is 10.2 Å². The first-order valence-electron chi connectivity index (χ1n) is 9.71. The van der Waals surface area contributed by atoms with Crippen molar-refractivity contribution in [1.29, 1.82) is 0 Å². The van der Waals surface area contributed by atoms with E-state index >= 15 is 0 Å². The van der Waals surface area contributed by atoms with Crippen LogP contribution in [0, 0.1) is 5.41 Å². The first-order valence-corrected chi connectivity index (χ1v) is 9.71. The maximum atomic E-state index is 12.3. The molecule has 1 saturated carbocycles. The molecule has 0 radical (unpaired) electrons. The Hall–Kier alpha value is -1.63. The lowest BCUT2D eigenvalue weighted by Gasteiger charge is -2.55. The lowest BCUT2D eigenvalue weighted by Crippen LogP contribution is -2.65. The summed E-state index contributed by atoms with van der Waals surface area (Å²) >= 11 is 0. The molecular weight excluding hydrogens is 318 g/mol. The molecule has 1 aromatic heterocycles. The van der Waals surface area contributed by atoms with Crippen molar-refractivity contribution < 1.29 is 9.53 Å². The summed E-state index contributed by atoms with van der Waals surface area (Å²) in [5, 5.41) is 14.6. The first kappa shape index (κ1) is 18.2. The number of fused-ring (bicyclic) bond motifs is 1. The number of hydrogen-bond donors (Lipinski definition) is 2. The minimum Gasteiger partial charge on any atom is -0.378 e. The summed E-state index contributed by atoms with van der Waals surface area (Å²) in [6.07, 6.45) is 6.08. The fourth-order valence-electron chi connectivity index (χ4n) is 4.48. The number of rotatable bonds is 8. The number of aryl methyl sites for hydroxylation is 1. The van der Waals surface area contributed by atoms with E-state index in [0.717, 1.165) is 63.3 Å². The molecule has 1 fully saturated rings. The Morgan fingerprint density at radius 3 is 2.84 bits per heavy atom. The van der Waals surface area contributed by atoms with E-state index in [4.69, 9.17) is 4.74 Å². The molecule has 0 spiro atoms. The van der Waals surface area contributed by atoms with E-state index in [1.54, 1.807) is 0 Å². The molecule has 140 valence electrons. The molecule has 0 unspecified atom stereocenters. The maximum absolute atomic E-state index is 12.3. The van der Waals surface area contributed by atoms with Gasteiger partial charge >= 0.3 is 6.03 Å². The van der Waals surface area contributed by atoms with Crippen molar-refractivity contribution in [3.8, 4) is 0 Å². The number of carbonyl (C=O) groups is 1. The molecule has 1 aliphatic heterocycles. The highest BCUT2D eigenvalue weighted by atomic mass is 16.5. The summed E-state index contributed by atoms with van der Waals surface area (Å²) in [4.78, 5) is 12.3. The van der Waals surface area contributed by atoms with Gasteiger partial charge in [-0.25, -0.2) is 4.79 Å². The molecule has 1 aromatic rings. The van der Waals surface area contributed by atoms with Gasteiger partial charge in [-0.3, -0.25) is 0 Å². The smallest absolute Gasteiger partial charge is 0.315 e. The number of amides is 2. The Balaban J connectivity index is 1.46. The van der Waals surface area contributed by atoms with Crippen LogP contribution in [0.3, 0.4) is 0 Å². The Morgan fingerprint density at radius 1 is 1.32 bits per heavy atom. The van der Waals surface area contributed by atoms with Gasteiger partial charge in [0.05, 0.1) is 6.10 Å². The second-order valence-corrected chi connectivity index (χ2v) is 7.11. The fourth-order valence-corrected chi connectivity index (χ4v) is 4.48. The fraction of sp³-hybridized carbons (Fsp3) is 0.833. The van der Waals surface area contributed by atoms with E-state index in [1.807, 2.05) is 6.92 Å². The number of aromatic nitrogens is 3. The number of nitrogens with zero attached hydrogens (tertiary/aromatic N) is 3. The molecule has 0 bridgehead atoms. The zero-order valence-corrected chi connectivity index (χ0v) is 15.7. The standard InChI is InChI=1S/C18H31N5O2/c1-4-18(5-2)13(12-14(18)25-6-3)20-17(24)19-10-9-16-22-21-15-8-7-11-23(15)16/h13-14H,4-12H2,1-3H3,(H2,19,20,24)/t13-,14+/m0/s1. The first-order chi connectivity index (χ1) is 12.1. The van der Waals surface area contributed by atoms with Gasteiger partial charge in [0.15, 0.2) is 0 Å². The van der Waals surface area contributed by atoms with Crippen LogP contribution in [0.15, 0.2) is 0 Å².